The summed E-state index contributed by atoms with van der Waals surface area (Å²) in [6.07, 6.45) is 0.636. The molecule has 2 nitrogen and oxygen atoms in total. The molecule has 1 saturated heterocycles. The van der Waals surface area contributed by atoms with Gasteiger partial charge in [-0.15, -0.1) is 11.6 Å². The van der Waals surface area contributed by atoms with Crippen molar-refractivity contribution in [3.63, 3.8) is 0 Å². The third-order valence-corrected chi connectivity index (χ3v) is 3.19. The molecule has 15 heavy (non-hydrogen) atoms. The minimum Gasteiger partial charge on any atom is -0.387 e. The Morgan fingerprint density at radius 1 is 1.40 bits per heavy atom. The maximum atomic E-state index is 9.98. The molecule has 0 saturated carbocycles. The van der Waals surface area contributed by atoms with Gasteiger partial charge < -0.3 is 5.11 Å². The highest BCUT2D eigenvalue weighted by Gasteiger charge is 2.22. The summed E-state index contributed by atoms with van der Waals surface area (Å²) in [5.41, 5.74) is 0.982. The van der Waals surface area contributed by atoms with E-state index in [4.69, 9.17) is 11.6 Å². The molecule has 1 aliphatic heterocycles. The molecule has 0 aromatic heterocycles. The van der Waals surface area contributed by atoms with Crippen molar-refractivity contribution in [3.8, 4) is 0 Å². The van der Waals surface area contributed by atoms with Gasteiger partial charge in [0.25, 0.3) is 0 Å². The lowest BCUT2D eigenvalue weighted by molar-refractivity contribution is 0.126. The number of benzene rings is 1. The Bertz CT molecular complexity index is 304. The van der Waals surface area contributed by atoms with E-state index in [1.165, 1.54) is 0 Å². The van der Waals surface area contributed by atoms with Gasteiger partial charge in [-0.2, -0.15) is 0 Å². The normalized spacial score (nSPS) is 24.3. The predicted octanol–water partition coefficient (Wildman–Crippen LogP) is 2.03. The third kappa shape index (κ3) is 2.94. The first kappa shape index (κ1) is 10.9. The highest BCUT2D eigenvalue weighted by atomic mass is 35.5. The first-order chi connectivity index (χ1) is 7.25. The Balaban J connectivity index is 1.90. The number of likely N-dealkylation sites (tertiary alicyclic amines) is 1. The Morgan fingerprint density at radius 2 is 2.13 bits per heavy atom. The van der Waals surface area contributed by atoms with E-state index in [0.717, 1.165) is 25.1 Å². The highest BCUT2D eigenvalue weighted by Crippen LogP contribution is 2.19. The monoisotopic (exact) mass is 225 g/mol. The van der Waals surface area contributed by atoms with Gasteiger partial charge in [0.15, 0.2) is 0 Å². The lowest BCUT2D eigenvalue weighted by Crippen LogP contribution is -2.26. The van der Waals surface area contributed by atoms with Crippen LogP contribution >= 0.6 is 11.6 Å². The minimum absolute atomic E-state index is 0.257. The van der Waals surface area contributed by atoms with Crippen LogP contribution in [0.3, 0.4) is 0 Å². The van der Waals surface area contributed by atoms with E-state index in [9.17, 15) is 5.11 Å². The number of β-amino-alcohol motifs (C(OH)–C–C–N with tert-alkyl or cyclic N) is 1. The first-order valence-electron chi connectivity index (χ1n) is 5.35. The molecule has 3 heteroatoms. The molecule has 1 fully saturated rings. The SMILES string of the molecule is OC(CN1CCC(Cl)C1)c1ccccc1. The van der Waals surface area contributed by atoms with Crippen molar-refractivity contribution in [3.05, 3.63) is 35.9 Å². The van der Waals surface area contributed by atoms with E-state index in [1.54, 1.807) is 0 Å². The summed E-state index contributed by atoms with van der Waals surface area (Å²) >= 11 is 6.01. The number of aliphatic hydroxyl groups excluding tert-OH is 1. The van der Waals surface area contributed by atoms with Crippen LogP contribution in [0.15, 0.2) is 30.3 Å². The Hall–Kier alpha value is -0.570. The van der Waals surface area contributed by atoms with Crippen LogP contribution in [-0.2, 0) is 0 Å². The summed E-state index contributed by atoms with van der Waals surface area (Å²) in [6.45, 7) is 2.58. The second kappa shape index (κ2) is 4.97. The predicted molar refractivity (Wildman–Crippen MR) is 62.1 cm³/mol. The van der Waals surface area contributed by atoms with Crippen molar-refractivity contribution in [1.29, 1.82) is 0 Å². The van der Waals surface area contributed by atoms with Gasteiger partial charge in [0.1, 0.15) is 0 Å². The first-order valence-corrected chi connectivity index (χ1v) is 5.79. The number of rotatable bonds is 3. The van der Waals surface area contributed by atoms with Crippen LogP contribution < -0.4 is 0 Å². The number of hydrogen-bond acceptors (Lipinski definition) is 2. The number of alkyl halides is 1. The van der Waals surface area contributed by atoms with E-state index in [1.807, 2.05) is 30.3 Å². The summed E-state index contributed by atoms with van der Waals surface area (Å²) in [7, 11) is 0. The molecule has 1 aromatic carbocycles. The fourth-order valence-corrected chi connectivity index (χ4v) is 2.27. The Morgan fingerprint density at radius 3 is 2.73 bits per heavy atom. The van der Waals surface area contributed by atoms with Gasteiger partial charge in [0, 0.05) is 18.5 Å². The molecule has 1 N–H and O–H groups in total. The molecule has 0 bridgehead atoms. The van der Waals surface area contributed by atoms with Crippen molar-refractivity contribution in [2.45, 2.75) is 17.9 Å². The quantitative estimate of drug-likeness (QED) is 0.796. The van der Waals surface area contributed by atoms with Crippen LogP contribution in [0.1, 0.15) is 18.1 Å². The average Bonchev–Trinajstić information content (AvgIpc) is 2.65. The zero-order valence-electron chi connectivity index (χ0n) is 8.64. The second-order valence-electron chi connectivity index (χ2n) is 4.07. The van der Waals surface area contributed by atoms with Crippen LogP contribution in [0.4, 0.5) is 0 Å². The topological polar surface area (TPSA) is 23.5 Å². The highest BCUT2D eigenvalue weighted by molar-refractivity contribution is 6.20. The van der Waals surface area contributed by atoms with Gasteiger partial charge in [-0.3, -0.25) is 4.90 Å². The standard InChI is InChI=1S/C12H16ClNO/c13-11-6-7-14(8-11)9-12(15)10-4-2-1-3-5-10/h1-5,11-12,15H,6-9H2. The third-order valence-electron chi connectivity index (χ3n) is 2.83. The van der Waals surface area contributed by atoms with Crippen LogP contribution in [0.25, 0.3) is 0 Å². The fourth-order valence-electron chi connectivity index (χ4n) is 1.98. The van der Waals surface area contributed by atoms with Crippen LogP contribution in [-0.4, -0.2) is 35.0 Å². The average molecular weight is 226 g/mol. The molecule has 0 amide bonds. The van der Waals surface area contributed by atoms with E-state index in [0.29, 0.717) is 6.54 Å². The molecule has 2 unspecified atom stereocenters. The van der Waals surface area contributed by atoms with Gasteiger partial charge in [-0.25, -0.2) is 0 Å². The van der Waals surface area contributed by atoms with Crippen molar-refractivity contribution in [2.75, 3.05) is 19.6 Å². The molecule has 82 valence electrons. The lowest BCUT2D eigenvalue weighted by Gasteiger charge is -2.19. The van der Waals surface area contributed by atoms with Crippen molar-refractivity contribution in [2.24, 2.45) is 0 Å². The van der Waals surface area contributed by atoms with E-state index < -0.39 is 6.10 Å². The zero-order valence-corrected chi connectivity index (χ0v) is 9.40. The molecule has 1 heterocycles. The van der Waals surface area contributed by atoms with Crippen molar-refractivity contribution >= 4 is 11.6 Å². The van der Waals surface area contributed by atoms with Gasteiger partial charge in [0.05, 0.1) is 6.10 Å². The van der Waals surface area contributed by atoms with Gasteiger partial charge in [-0.05, 0) is 18.5 Å². The molecule has 0 spiro atoms. The summed E-state index contributed by atoms with van der Waals surface area (Å²) in [5, 5.41) is 10.2. The molecule has 1 aromatic rings. The lowest BCUT2D eigenvalue weighted by atomic mass is 10.1. The van der Waals surface area contributed by atoms with E-state index in [-0.39, 0.29) is 5.38 Å². The number of nitrogens with zero attached hydrogens (tertiary/aromatic N) is 1. The Labute approximate surface area is 95.5 Å². The summed E-state index contributed by atoms with van der Waals surface area (Å²) < 4.78 is 0. The Kier molecular flexibility index (Phi) is 3.62. The summed E-state index contributed by atoms with van der Waals surface area (Å²) in [6, 6.07) is 9.78. The number of hydrogen-bond donors (Lipinski definition) is 1. The minimum atomic E-state index is -0.395. The maximum Gasteiger partial charge on any atom is 0.0916 e. The number of halogens is 1. The van der Waals surface area contributed by atoms with Crippen LogP contribution in [0, 0.1) is 0 Å². The summed E-state index contributed by atoms with van der Waals surface area (Å²) in [5.74, 6) is 0. The fraction of sp³-hybridized carbons (Fsp3) is 0.500. The van der Waals surface area contributed by atoms with E-state index in [2.05, 4.69) is 4.90 Å². The van der Waals surface area contributed by atoms with Gasteiger partial charge in [0.2, 0.25) is 0 Å². The largest absolute Gasteiger partial charge is 0.387 e. The van der Waals surface area contributed by atoms with Crippen molar-refractivity contribution < 1.29 is 5.11 Å². The molecule has 2 atom stereocenters. The smallest absolute Gasteiger partial charge is 0.0916 e. The summed E-state index contributed by atoms with van der Waals surface area (Å²) in [4.78, 5) is 2.22. The molecular formula is C12H16ClNO. The molecule has 2 rings (SSSR count). The zero-order chi connectivity index (χ0) is 10.7. The molecule has 0 aliphatic carbocycles. The van der Waals surface area contributed by atoms with Crippen molar-refractivity contribution in [1.82, 2.24) is 4.90 Å². The second-order valence-corrected chi connectivity index (χ2v) is 4.69. The molecule has 0 radical (unpaired) electrons. The molecule has 1 aliphatic rings. The number of aliphatic hydroxyl groups is 1. The maximum absolute atomic E-state index is 9.98. The molecular weight excluding hydrogens is 210 g/mol. The van der Waals surface area contributed by atoms with Gasteiger partial charge in [-0.1, -0.05) is 30.3 Å². The van der Waals surface area contributed by atoms with Crippen LogP contribution in [0.5, 0.6) is 0 Å². The van der Waals surface area contributed by atoms with Crippen LogP contribution in [0.2, 0.25) is 0 Å². The van der Waals surface area contributed by atoms with E-state index >= 15 is 0 Å². The van der Waals surface area contributed by atoms with Gasteiger partial charge >= 0.3 is 0 Å².